The molecule has 1 aliphatic heterocycles. The molecule has 1 saturated heterocycles. The summed E-state index contributed by atoms with van der Waals surface area (Å²) in [6.45, 7) is 2.12. The van der Waals surface area contributed by atoms with E-state index in [0.29, 0.717) is 19.6 Å². The Kier molecular flexibility index (Phi) is 6.70. The Labute approximate surface area is 130 Å². The highest BCUT2D eigenvalue weighted by Crippen LogP contribution is 2.10. The fourth-order valence-electron chi connectivity index (χ4n) is 2.25. The summed E-state index contributed by atoms with van der Waals surface area (Å²) in [5, 5.41) is 8.24. The lowest BCUT2D eigenvalue weighted by Gasteiger charge is -2.11. The SMILES string of the molecule is O=C(CCNC(=O)NCC1CCCO1)NCc1ccccc1. The van der Waals surface area contributed by atoms with Crippen LogP contribution in [-0.2, 0) is 16.1 Å². The van der Waals surface area contributed by atoms with Gasteiger partial charge in [0.1, 0.15) is 0 Å². The average Bonchev–Trinajstić information content (AvgIpc) is 3.05. The van der Waals surface area contributed by atoms with Gasteiger partial charge in [0.15, 0.2) is 0 Å². The quantitative estimate of drug-likeness (QED) is 0.707. The molecule has 6 heteroatoms. The second-order valence-electron chi connectivity index (χ2n) is 5.28. The third kappa shape index (κ3) is 6.13. The fourth-order valence-corrected chi connectivity index (χ4v) is 2.25. The van der Waals surface area contributed by atoms with Crippen LogP contribution in [0.2, 0.25) is 0 Å². The number of hydrogen-bond acceptors (Lipinski definition) is 3. The lowest BCUT2D eigenvalue weighted by Crippen LogP contribution is -2.41. The van der Waals surface area contributed by atoms with E-state index in [1.807, 2.05) is 30.3 Å². The number of carbonyl (C=O) groups is 2. The van der Waals surface area contributed by atoms with Gasteiger partial charge in [0, 0.05) is 32.7 Å². The zero-order chi connectivity index (χ0) is 15.6. The first-order chi connectivity index (χ1) is 10.7. The molecular formula is C16H23N3O3. The molecule has 3 N–H and O–H groups in total. The number of ether oxygens (including phenoxy) is 1. The van der Waals surface area contributed by atoms with Crippen molar-refractivity contribution >= 4 is 11.9 Å². The molecule has 0 spiro atoms. The van der Waals surface area contributed by atoms with Gasteiger partial charge in [0.05, 0.1) is 6.10 Å². The number of hydrogen-bond donors (Lipinski definition) is 3. The molecule has 22 heavy (non-hydrogen) atoms. The van der Waals surface area contributed by atoms with Gasteiger partial charge in [-0.1, -0.05) is 30.3 Å². The topological polar surface area (TPSA) is 79.5 Å². The molecule has 120 valence electrons. The van der Waals surface area contributed by atoms with Gasteiger partial charge >= 0.3 is 6.03 Å². The summed E-state index contributed by atoms with van der Waals surface area (Å²) in [4.78, 5) is 23.2. The largest absolute Gasteiger partial charge is 0.376 e. The number of carbonyl (C=O) groups excluding carboxylic acids is 2. The zero-order valence-corrected chi connectivity index (χ0v) is 12.6. The lowest BCUT2D eigenvalue weighted by atomic mass is 10.2. The van der Waals surface area contributed by atoms with Crippen molar-refractivity contribution in [3.8, 4) is 0 Å². The summed E-state index contributed by atoms with van der Waals surface area (Å²) >= 11 is 0. The van der Waals surface area contributed by atoms with E-state index in [-0.39, 0.29) is 24.5 Å². The van der Waals surface area contributed by atoms with E-state index in [0.717, 1.165) is 25.0 Å². The molecule has 0 bridgehead atoms. The molecule has 2 rings (SSSR count). The molecule has 1 unspecified atom stereocenters. The molecular weight excluding hydrogens is 282 g/mol. The molecule has 1 aromatic carbocycles. The monoisotopic (exact) mass is 305 g/mol. The third-order valence-corrected chi connectivity index (χ3v) is 3.48. The Morgan fingerprint density at radius 2 is 1.95 bits per heavy atom. The van der Waals surface area contributed by atoms with E-state index < -0.39 is 0 Å². The van der Waals surface area contributed by atoms with Gasteiger partial charge in [-0.15, -0.1) is 0 Å². The minimum atomic E-state index is -0.258. The molecule has 1 aromatic rings. The highest BCUT2D eigenvalue weighted by molar-refractivity contribution is 5.78. The van der Waals surface area contributed by atoms with Crippen LogP contribution < -0.4 is 16.0 Å². The van der Waals surface area contributed by atoms with E-state index in [1.54, 1.807) is 0 Å². The highest BCUT2D eigenvalue weighted by atomic mass is 16.5. The molecule has 1 atom stereocenters. The van der Waals surface area contributed by atoms with Crippen LogP contribution in [0.1, 0.15) is 24.8 Å². The van der Waals surface area contributed by atoms with Crippen molar-refractivity contribution < 1.29 is 14.3 Å². The van der Waals surface area contributed by atoms with Gasteiger partial charge in [-0.05, 0) is 18.4 Å². The molecule has 6 nitrogen and oxygen atoms in total. The normalized spacial score (nSPS) is 17.0. The van der Waals surface area contributed by atoms with Crippen LogP contribution in [0.15, 0.2) is 30.3 Å². The minimum Gasteiger partial charge on any atom is -0.376 e. The van der Waals surface area contributed by atoms with Crippen molar-refractivity contribution in [2.45, 2.75) is 31.9 Å². The first-order valence-corrected chi connectivity index (χ1v) is 7.68. The van der Waals surface area contributed by atoms with Crippen LogP contribution in [0.5, 0.6) is 0 Å². The zero-order valence-electron chi connectivity index (χ0n) is 12.6. The second-order valence-corrected chi connectivity index (χ2v) is 5.28. The maximum Gasteiger partial charge on any atom is 0.314 e. The average molecular weight is 305 g/mol. The van der Waals surface area contributed by atoms with Gasteiger partial charge in [-0.25, -0.2) is 4.79 Å². The maximum atomic E-state index is 11.7. The Morgan fingerprint density at radius 3 is 2.68 bits per heavy atom. The Balaban J connectivity index is 1.51. The maximum absolute atomic E-state index is 11.7. The number of nitrogens with one attached hydrogen (secondary N) is 3. The number of urea groups is 1. The standard InChI is InChI=1S/C16H23N3O3/c20-15(18-11-13-5-2-1-3-6-13)8-9-17-16(21)19-12-14-7-4-10-22-14/h1-3,5-6,14H,4,7-12H2,(H,18,20)(H2,17,19,21). The van der Waals surface area contributed by atoms with Gasteiger partial charge in [0.25, 0.3) is 0 Å². The van der Waals surface area contributed by atoms with Gasteiger partial charge in [-0.3, -0.25) is 4.79 Å². The van der Waals surface area contributed by atoms with E-state index >= 15 is 0 Å². The number of rotatable bonds is 7. The highest BCUT2D eigenvalue weighted by Gasteiger charge is 2.15. The summed E-state index contributed by atoms with van der Waals surface area (Å²) in [6.07, 6.45) is 2.43. The van der Waals surface area contributed by atoms with Crippen molar-refractivity contribution in [3.05, 3.63) is 35.9 Å². The summed E-state index contributed by atoms with van der Waals surface area (Å²) < 4.78 is 5.41. The van der Waals surface area contributed by atoms with Crippen molar-refractivity contribution in [2.75, 3.05) is 19.7 Å². The van der Waals surface area contributed by atoms with Crippen LogP contribution in [0.3, 0.4) is 0 Å². The predicted molar refractivity (Wildman–Crippen MR) is 83.3 cm³/mol. The summed E-state index contributed by atoms with van der Waals surface area (Å²) in [5.74, 6) is -0.0803. The van der Waals surface area contributed by atoms with Gasteiger partial charge in [-0.2, -0.15) is 0 Å². The van der Waals surface area contributed by atoms with Gasteiger partial charge < -0.3 is 20.7 Å². The van der Waals surface area contributed by atoms with E-state index in [2.05, 4.69) is 16.0 Å². The number of benzene rings is 1. The minimum absolute atomic E-state index is 0.0803. The molecule has 0 saturated carbocycles. The Hall–Kier alpha value is -2.08. The fraction of sp³-hybridized carbons (Fsp3) is 0.500. The van der Waals surface area contributed by atoms with E-state index in [9.17, 15) is 9.59 Å². The van der Waals surface area contributed by atoms with E-state index in [1.165, 1.54) is 0 Å². The van der Waals surface area contributed by atoms with Crippen LogP contribution in [-0.4, -0.2) is 37.7 Å². The van der Waals surface area contributed by atoms with E-state index in [4.69, 9.17) is 4.74 Å². The van der Waals surface area contributed by atoms with Crippen molar-refractivity contribution in [1.82, 2.24) is 16.0 Å². The van der Waals surface area contributed by atoms with Crippen molar-refractivity contribution in [2.24, 2.45) is 0 Å². The molecule has 1 heterocycles. The first-order valence-electron chi connectivity index (χ1n) is 7.68. The molecule has 0 radical (unpaired) electrons. The van der Waals surface area contributed by atoms with Crippen LogP contribution in [0.25, 0.3) is 0 Å². The predicted octanol–water partition coefficient (Wildman–Crippen LogP) is 1.17. The third-order valence-electron chi connectivity index (χ3n) is 3.48. The summed E-state index contributed by atoms with van der Waals surface area (Å²) in [7, 11) is 0. The van der Waals surface area contributed by atoms with Crippen molar-refractivity contribution in [3.63, 3.8) is 0 Å². The second kappa shape index (κ2) is 9.04. The van der Waals surface area contributed by atoms with Crippen LogP contribution in [0.4, 0.5) is 4.79 Å². The smallest absolute Gasteiger partial charge is 0.314 e. The molecule has 3 amide bonds. The molecule has 0 aliphatic carbocycles. The van der Waals surface area contributed by atoms with Crippen LogP contribution in [0, 0.1) is 0 Å². The van der Waals surface area contributed by atoms with Crippen LogP contribution >= 0.6 is 0 Å². The first kappa shape index (κ1) is 16.3. The van der Waals surface area contributed by atoms with Gasteiger partial charge in [0.2, 0.25) is 5.91 Å². The lowest BCUT2D eigenvalue weighted by molar-refractivity contribution is -0.121. The summed E-state index contributed by atoms with van der Waals surface area (Å²) in [5.41, 5.74) is 1.05. The molecule has 0 aromatic heterocycles. The molecule has 1 aliphatic rings. The summed E-state index contributed by atoms with van der Waals surface area (Å²) in [6, 6.07) is 9.45. The Bertz CT molecular complexity index is 473. The molecule has 1 fully saturated rings. The van der Waals surface area contributed by atoms with Crippen molar-refractivity contribution in [1.29, 1.82) is 0 Å². The number of amides is 3. The Morgan fingerprint density at radius 1 is 1.14 bits per heavy atom.